The number of nitrogens with zero attached hydrogens (tertiary/aromatic N) is 1. The number of hydrogen-bond acceptors (Lipinski definition) is 5. The van der Waals surface area contributed by atoms with Gasteiger partial charge in [0.25, 0.3) is 5.69 Å². The molecule has 1 aromatic rings. The molecular formula is C9H12N2O5S. The van der Waals surface area contributed by atoms with Gasteiger partial charge in [0.15, 0.2) is 0 Å². The lowest BCUT2D eigenvalue weighted by Crippen LogP contribution is -2.12. The molecular weight excluding hydrogens is 248 g/mol. The summed E-state index contributed by atoms with van der Waals surface area (Å²) in [6.07, 6.45) is 0.963. The van der Waals surface area contributed by atoms with E-state index >= 15 is 0 Å². The van der Waals surface area contributed by atoms with Crippen LogP contribution in [0.4, 0.5) is 11.4 Å². The SMILES string of the molecule is COc1ccc([N+](=O)[O-])c(C)c1NS(C)(=O)=O. The number of anilines is 1. The van der Waals surface area contributed by atoms with Gasteiger partial charge in [-0.1, -0.05) is 0 Å². The van der Waals surface area contributed by atoms with Crippen molar-refractivity contribution in [2.75, 3.05) is 18.1 Å². The molecule has 94 valence electrons. The Morgan fingerprint density at radius 1 is 1.41 bits per heavy atom. The third-order valence-electron chi connectivity index (χ3n) is 2.10. The molecule has 0 saturated carbocycles. The first-order valence-electron chi connectivity index (χ1n) is 4.56. The number of methoxy groups -OCH3 is 1. The summed E-state index contributed by atoms with van der Waals surface area (Å²) < 4.78 is 29.5. The first-order valence-corrected chi connectivity index (χ1v) is 6.45. The summed E-state index contributed by atoms with van der Waals surface area (Å²) >= 11 is 0. The van der Waals surface area contributed by atoms with Crippen LogP contribution in [0.25, 0.3) is 0 Å². The van der Waals surface area contributed by atoms with E-state index in [9.17, 15) is 18.5 Å². The summed E-state index contributed by atoms with van der Waals surface area (Å²) in [4.78, 5) is 10.1. The largest absolute Gasteiger partial charge is 0.495 e. The van der Waals surface area contributed by atoms with Crippen molar-refractivity contribution in [3.05, 3.63) is 27.8 Å². The number of ether oxygens (including phenoxy) is 1. The maximum Gasteiger partial charge on any atom is 0.274 e. The van der Waals surface area contributed by atoms with Crippen LogP contribution in [0.15, 0.2) is 12.1 Å². The Hall–Kier alpha value is -1.83. The van der Waals surface area contributed by atoms with Crippen LogP contribution in [0, 0.1) is 17.0 Å². The lowest BCUT2D eigenvalue weighted by molar-refractivity contribution is -0.385. The number of hydrogen-bond donors (Lipinski definition) is 1. The first-order chi connectivity index (χ1) is 7.76. The zero-order chi connectivity index (χ0) is 13.2. The van der Waals surface area contributed by atoms with E-state index in [2.05, 4.69) is 4.72 Å². The predicted octanol–water partition coefficient (Wildman–Crippen LogP) is 1.28. The Labute approximate surface area is 98.6 Å². The molecule has 1 aromatic carbocycles. The summed E-state index contributed by atoms with van der Waals surface area (Å²) in [6, 6.07) is 2.61. The van der Waals surface area contributed by atoms with Gasteiger partial charge in [-0.25, -0.2) is 8.42 Å². The maximum absolute atomic E-state index is 11.2. The van der Waals surface area contributed by atoms with Crippen LogP contribution >= 0.6 is 0 Å². The minimum atomic E-state index is -3.53. The Balaban J connectivity index is 3.43. The lowest BCUT2D eigenvalue weighted by atomic mass is 10.1. The molecule has 0 aliphatic rings. The number of benzene rings is 1. The van der Waals surface area contributed by atoms with Crippen molar-refractivity contribution >= 4 is 21.4 Å². The van der Waals surface area contributed by atoms with Crippen LogP contribution in [0.1, 0.15) is 5.56 Å². The van der Waals surface area contributed by atoms with E-state index < -0.39 is 14.9 Å². The van der Waals surface area contributed by atoms with Crippen LogP contribution in [0.5, 0.6) is 5.75 Å². The quantitative estimate of drug-likeness (QED) is 0.649. The van der Waals surface area contributed by atoms with Crippen LogP contribution in [0.3, 0.4) is 0 Å². The molecule has 0 saturated heterocycles. The molecule has 1 rings (SSSR count). The molecule has 0 radical (unpaired) electrons. The van der Waals surface area contributed by atoms with E-state index in [4.69, 9.17) is 4.74 Å². The van der Waals surface area contributed by atoms with E-state index in [1.54, 1.807) is 0 Å². The van der Waals surface area contributed by atoms with Crippen molar-refractivity contribution in [3.63, 3.8) is 0 Å². The smallest absolute Gasteiger partial charge is 0.274 e. The second-order valence-corrected chi connectivity index (χ2v) is 5.17. The summed E-state index contributed by atoms with van der Waals surface area (Å²) in [6.45, 7) is 1.45. The van der Waals surface area contributed by atoms with Crippen molar-refractivity contribution in [1.82, 2.24) is 0 Å². The standard InChI is InChI=1S/C9H12N2O5S/c1-6-7(11(12)13)4-5-8(16-2)9(6)10-17(3,14)15/h4-5,10H,1-3H3. The fraction of sp³-hybridized carbons (Fsp3) is 0.333. The molecule has 1 N–H and O–H groups in total. The van der Waals surface area contributed by atoms with Crippen LogP contribution in [-0.2, 0) is 10.0 Å². The second kappa shape index (κ2) is 4.58. The minimum absolute atomic E-state index is 0.0872. The van der Waals surface area contributed by atoms with Gasteiger partial charge in [0.2, 0.25) is 10.0 Å². The van der Waals surface area contributed by atoms with E-state index in [1.807, 2.05) is 0 Å². The highest BCUT2D eigenvalue weighted by atomic mass is 32.2. The van der Waals surface area contributed by atoms with Gasteiger partial charge in [0.05, 0.1) is 23.9 Å². The Kier molecular flexibility index (Phi) is 3.56. The second-order valence-electron chi connectivity index (χ2n) is 3.42. The Morgan fingerprint density at radius 2 is 2.00 bits per heavy atom. The summed E-state index contributed by atoms with van der Waals surface area (Å²) in [5.41, 5.74) is 0.126. The van der Waals surface area contributed by atoms with Gasteiger partial charge >= 0.3 is 0 Å². The third kappa shape index (κ3) is 3.06. The number of nitro benzene ring substituents is 1. The molecule has 0 atom stereocenters. The zero-order valence-corrected chi connectivity index (χ0v) is 10.4. The molecule has 0 bridgehead atoms. The topological polar surface area (TPSA) is 98.5 Å². The number of nitro groups is 1. The maximum atomic E-state index is 11.2. The fourth-order valence-electron chi connectivity index (χ4n) is 1.36. The first kappa shape index (κ1) is 13.2. The van der Waals surface area contributed by atoms with E-state index in [0.29, 0.717) is 0 Å². The van der Waals surface area contributed by atoms with Gasteiger partial charge in [-0.05, 0) is 13.0 Å². The molecule has 0 fully saturated rings. The molecule has 0 spiro atoms. The van der Waals surface area contributed by atoms with Gasteiger partial charge in [-0.3, -0.25) is 14.8 Å². The lowest BCUT2D eigenvalue weighted by Gasteiger charge is -2.12. The average molecular weight is 260 g/mol. The predicted molar refractivity (Wildman–Crippen MR) is 62.9 cm³/mol. The number of sulfonamides is 1. The summed E-state index contributed by atoms with van der Waals surface area (Å²) in [7, 11) is -2.17. The number of rotatable bonds is 4. The van der Waals surface area contributed by atoms with E-state index in [0.717, 1.165) is 6.26 Å². The van der Waals surface area contributed by atoms with Gasteiger partial charge in [-0.15, -0.1) is 0 Å². The van der Waals surface area contributed by atoms with Gasteiger partial charge in [0.1, 0.15) is 11.4 Å². The van der Waals surface area contributed by atoms with Crippen molar-refractivity contribution in [2.45, 2.75) is 6.92 Å². The molecule has 17 heavy (non-hydrogen) atoms. The highest BCUT2D eigenvalue weighted by Gasteiger charge is 2.19. The average Bonchev–Trinajstić information content (AvgIpc) is 2.18. The fourth-order valence-corrected chi connectivity index (χ4v) is 1.98. The Bertz CT molecular complexity index is 553. The van der Waals surface area contributed by atoms with E-state index in [1.165, 1.54) is 26.2 Å². The van der Waals surface area contributed by atoms with Gasteiger partial charge in [-0.2, -0.15) is 0 Å². The molecule has 0 aromatic heterocycles. The van der Waals surface area contributed by atoms with Crippen molar-refractivity contribution in [2.24, 2.45) is 0 Å². The van der Waals surface area contributed by atoms with Crippen molar-refractivity contribution in [3.8, 4) is 5.75 Å². The van der Waals surface area contributed by atoms with Crippen LogP contribution < -0.4 is 9.46 Å². The van der Waals surface area contributed by atoms with Crippen molar-refractivity contribution < 1.29 is 18.1 Å². The molecule has 0 aliphatic carbocycles. The third-order valence-corrected chi connectivity index (χ3v) is 2.68. The van der Waals surface area contributed by atoms with Crippen molar-refractivity contribution in [1.29, 1.82) is 0 Å². The van der Waals surface area contributed by atoms with Crippen LogP contribution in [-0.4, -0.2) is 26.7 Å². The van der Waals surface area contributed by atoms with Crippen LogP contribution in [0.2, 0.25) is 0 Å². The Morgan fingerprint density at radius 3 is 2.41 bits per heavy atom. The zero-order valence-electron chi connectivity index (χ0n) is 9.55. The van der Waals surface area contributed by atoms with Gasteiger partial charge in [0, 0.05) is 6.07 Å². The molecule has 0 amide bonds. The van der Waals surface area contributed by atoms with Gasteiger partial charge < -0.3 is 4.74 Å². The highest BCUT2D eigenvalue weighted by Crippen LogP contribution is 2.34. The number of nitrogens with one attached hydrogen (secondary N) is 1. The molecule has 0 aliphatic heterocycles. The summed E-state index contributed by atoms with van der Waals surface area (Å²) in [5, 5.41) is 10.7. The monoisotopic (exact) mass is 260 g/mol. The highest BCUT2D eigenvalue weighted by molar-refractivity contribution is 7.92. The molecule has 0 unspecified atom stereocenters. The molecule has 8 heteroatoms. The molecule has 0 heterocycles. The minimum Gasteiger partial charge on any atom is -0.495 e. The normalized spacial score (nSPS) is 11.0. The molecule has 7 nitrogen and oxygen atoms in total. The van der Waals surface area contributed by atoms with E-state index in [-0.39, 0.29) is 22.7 Å². The summed E-state index contributed by atoms with van der Waals surface area (Å²) in [5.74, 6) is 0.235.